The van der Waals surface area contributed by atoms with E-state index >= 15 is 0 Å². The summed E-state index contributed by atoms with van der Waals surface area (Å²) in [7, 11) is 1.96. The molecule has 0 aromatic carbocycles. The van der Waals surface area contributed by atoms with Gasteiger partial charge in [0.05, 0.1) is 6.61 Å². The van der Waals surface area contributed by atoms with E-state index in [-0.39, 0.29) is 12.5 Å². The van der Waals surface area contributed by atoms with Gasteiger partial charge < -0.3 is 24.1 Å². The normalized spacial score (nSPS) is 48.2. The maximum Gasteiger partial charge on any atom is 0.319 e. The number of carbonyl (C=O) groups excluding carboxylic acids is 1. The van der Waals surface area contributed by atoms with Crippen LogP contribution in [0.4, 0.5) is 4.79 Å². The average Bonchev–Trinajstić information content (AvgIpc) is 2.79. The van der Waals surface area contributed by atoms with Crippen LogP contribution in [0.25, 0.3) is 0 Å². The van der Waals surface area contributed by atoms with E-state index in [1.165, 1.54) is 0 Å². The fraction of sp³-hybridized carbons (Fsp3) is 0.909. The van der Waals surface area contributed by atoms with E-state index in [0.29, 0.717) is 6.42 Å². The number of aliphatic hydroxyl groups is 1. The van der Waals surface area contributed by atoms with Crippen LogP contribution in [0.2, 0.25) is 0 Å². The van der Waals surface area contributed by atoms with Crippen molar-refractivity contribution in [1.29, 1.82) is 0 Å². The molecule has 2 unspecified atom stereocenters. The SMILES string of the molecule is CC1(C)O[C@H]2O[C@]3(C[C@H]3COC(=O)P)C(O)[C@@H]2O1. The Hall–Kier alpha value is -0.260. The molecule has 0 bridgehead atoms. The molecule has 1 spiro atoms. The highest BCUT2D eigenvalue weighted by Gasteiger charge is 2.72. The Labute approximate surface area is 107 Å². The lowest BCUT2D eigenvalue weighted by atomic mass is 10.1. The third-order valence-electron chi connectivity index (χ3n) is 3.76. The molecule has 102 valence electrons. The van der Waals surface area contributed by atoms with Gasteiger partial charge in [-0.05, 0) is 29.5 Å². The first-order chi connectivity index (χ1) is 8.34. The van der Waals surface area contributed by atoms with Gasteiger partial charge in [0.15, 0.2) is 12.1 Å². The molecule has 18 heavy (non-hydrogen) atoms. The molecule has 1 N–H and O–H groups in total. The zero-order valence-electron chi connectivity index (χ0n) is 10.3. The third kappa shape index (κ3) is 1.87. The lowest BCUT2D eigenvalue weighted by Gasteiger charge is -2.23. The highest BCUT2D eigenvalue weighted by molar-refractivity contribution is 7.39. The Morgan fingerprint density at radius 2 is 2.17 bits per heavy atom. The molecular formula is C11H17O6P. The monoisotopic (exact) mass is 276 g/mol. The van der Waals surface area contributed by atoms with Crippen LogP contribution in [0, 0.1) is 5.92 Å². The summed E-state index contributed by atoms with van der Waals surface area (Å²) in [6.07, 6.45) is -1.08. The van der Waals surface area contributed by atoms with Gasteiger partial charge in [-0.1, -0.05) is 0 Å². The van der Waals surface area contributed by atoms with Crippen molar-refractivity contribution in [2.24, 2.45) is 5.92 Å². The summed E-state index contributed by atoms with van der Waals surface area (Å²) in [5, 5.41) is 10.3. The van der Waals surface area contributed by atoms with Gasteiger partial charge in [-0.3, -0.25) is 0 Å². The first kappa shape index (κ1) is 12.8. The number of hydrogen-bond donors (Lipinski definition) is 1. The van der Waals surface area contributed by atoms with Gasteiger partial charge in [0.1, 0.15) is 17.8 Å². The predicted octanol–water partition coefficient (Wildman–Crippen LogP) is 0.625. The van der Waals surface area contributed by atoms with Crippen LogP contribution in [0.3, 0.4) is 0 Å². The Balaban J connectivity index is 1.64. The van der Waals surface area contributed by atoms with E-state index in [0.717, 1.165) is 0 Å². The van der Waals surface area contributed by atoms with Gasteiger partial charge in [-0.25, -0.2) is 4.79 Å². The highest BCUT2D eigenvalue weighted by atomic mass is 31.0. The molecule has 3 aliphatic rings. The molecule has 3 rings (SSSR count). The van der Waals surface area contributed by atoms with Crippen molar-refractivity contribution in [3.8, 4) is 0 Å². The summed E-state index contributed by atoms with van der Waals surface area (Å²) >= 11 is 0. The molecule has 0 aromatic heterocycles. The maximum absolute atomic E-state index is 10.7. The molecule has 2 heterocycles. The largest absolute Gasteiger partial charge is 0.463 e. The van der Waals surface area contributed by atoms with Crippen molar-refractivity contribution in [1.82, 2.24) is 0 Å². The predicted molar refractivity (Wildman–Crippen MR) is 62.8 cm³/mol. The second kappa shape index (κ2) is 3.87. The van der Waals surface area contributed by atoms with E-state index in [9.17, 15) is 9.90 Å². The van der Waals surface area contributed by atoms with Crippen molar-refractivity contribution >= 4 is 15.0 Å². The summed E-state index contributed by atoms with van der Waals surface area (Å²) in [5.74, 6) is -0.715. The number of hydrogen-bond acceptors (Lipinski definition) is 6. The Morgan fingerprint density at radius 1 is 1.44 bits per heavy atom. The van der Waals surface area contributed by atoms with Crippen molar-refractivity contribution < 1.29 is 28.8 Å². The summed E-state index contributed by atoms with van der Waals surface area (Å²) in [5.41, 5.74) is -1.07. The first-order valence-electron chi connectivity index (χ1n) is 5.98. The maximum atomic E-state index is 10.7. The Bertz CT molecular complexity index is 386. The molecule has 6 atom stereocenters. The smallest absolute Gasteiger partial charge is 0.319 e. The van der Waals surface area contributed by atoms with Gasteiger partial charge in [-0.2, -0.15) is 0 Å². The molecule has 7 heteroatoms. The van der Waals surface area contributed by atoms with Gasteiger partial charge in [0.2, 0.25) is 0 Å². The van der Waals surface area contributed by atoms with E-state index < -0.39 is 35.6 Å². The molecule has 3 fully saturated rings. The molecule has 2 aliphatic heterocycles. The standard InChI is InChI=1S/C11H17O6P/c1-10(2)15-6-7(12)11(17-8(6)16-10)3-5(11)4-14-9(13)18/h5-8,12H,3-4,18H2,1-2H3/t5-,6-,7?,8-,11-/m0/s1. The molecule has 1 aliphatic carbocycles. The van der Waals surface area contributed by atoms with Crippen LogP contribution >= 0.6 is 9.24 Å². The Morgan fingerprint density at radius 3 is 2.78 bits per heavy atom. The number of ether oxygens (including phenoxy) is 4. The van der Waals surface area contributed by atoms with E-state index in [1.54, 1.807) is 13.8 Å². The van der Waals surface area contributed by atoms with Crippen molar-refractivity contribution in [3.05, 3.63) is 0 Å². The van der Waals surface area contributed by atoms with Crippen LogP contribution in [0.1, 0.15) is 20.3 Å². The number of rotatable bonds is 2. The quantitative estimate of drug-likeness (QED) is 0.745. The van der Waals surface area contributed by atoms with Crippen molar-refractivity contribution in [3.63, 3.8) is 0 Å². The zero-order chi connectivity index (χ0) is 13.1. The minimum absolute atomic E-state index is 0.0120. The van der Waals surface area contributed by atoms with Crippen LogP contribution in [-0.2, 0) is 18.9 Å². The lowest BCUT2D eigenvalue weighted by Crippen LogP contribution is -2.37. The molecular weight excluding hydrogens is 259 g/mol. The van der Waals surface area contributed by atoms with E-state index in [2.05, 4.69) is 0 Å². The molecule has 0 radical (unpaired) electrons. The van der Waals surface area contributed by atoms with Gasteiger partial charge in [0.25, 0.3) is 0 Å². The molecule has 6 nitrogen and oxygen atoms in total. The first-order valence-corrected chi connectivity index (χ1v) is 6.55. The Kier molecular flexibility index (Phi) is 2.74. The minimum atomic E-state index is -0.738. The third-order valence-corrected chi connectivity index (χ3v) is 3.93. The molecule has 2 saturated heterocycles. The van der Waals surface area contributed by atoms with Gasteiger partial charge >= 0.3 is 5.71 Å². The van der Waals surface area contributed by atoms with Crippen LogP contribution in [-0.4, -0.2) is 47.3 Å². The number of aliphatic hydroxyl groups excluding tert-OH is 1. The fourth-order valence-electron chi connectivity index (χ4n) is 2.84. The van der Waals surface area contributed by atoms with E-state index in [1.807, 2.05) is 9.24 Å². The fourth-order valence-corrected chi connectivity index (χ4v) is 2.94. The van der Waals surface area contributed by atoms with Gasteiger partial charge in [-0.15, -0.1) is 0 Å². The molecule has 1 saturated carbocycles. The summed E-state index contributed by atoms with van der Waals surface area (Å²) in [4.78, 5) is 10.7. The number of carbonyl (C=O) groups is 1. The second-order valence-corrected chi connectivity index (χ2v) is 5.99. The molecule has 0 aromatic rings. The van der Waals surface area contributed by atoms with Crippen molar-refractivity contribution in [2.45, 2.75) is 50.2 Å². The van der Waals surface area contributed by atoms with Crippen LogP contribution in [0.15, 0.2) is 0 Å². The summed E-state index contributed by atoms with van der Waals surface area (Å²) in [6.45, 7) is 3.82. The summed E-state index contributed by atoms with van der Waals surface area (Å²) in [6, 6.07) is 0. The van der Waals surface area contributed by atoms with E-state index in [4.69, 9.17) is 18.9 Å². The van der Waals surface area contributed by atoms with Crippen LogP contribution < -0.4 is 0 Å². The van der Waals surface area contributed by atoms with Crippen LogP contribution in [0.5, 0.6) is 0 Å². The highest BCUT2D eigenvalue weighted by Crippen LogP contribution is 2.58. The second-order valence-electron chi connectivity index (χ2n) is 5.52. The molecule has 0 amide bonds. The lowest BCUT2D eigenvalue weighted by molar-refractivity contribution is -0.223. The average molecular weight is 276 g/mol. The minimum Gasteiger partial charge on any atom is -0.463 e. The van der Waals surface area contributed by atoms with Gasteiger partial charge in [0, 0.05) is 5.92 Å². The zero-order valence-corrected chi connectivity index (χ0v) is 11.4. The summed E-state index contributed by atoms with van der Waals surface area (Å²) < 4.78 is 21.9. The number of fused-ring (bicyclic) bond motifs is 1. The van der Waals surface area contributed by atoms with Crippen molar-refractivity contribution in [2.75, 3.05) is 6.61 Å². The topological polar surface area (TPSA) is 74.2 Å².